The molecule has 0 aliphatic heterocycles. The van der Waals surface area contributed by atoms with E-state index in [-0.39, 0.29) is 17.4 Å². The summed E-state index contributed by atoms with van der Waals surface area (Å²) in [5.74, 6) is 3.49. The topological polar surface area (TPSA) is 51.3 Å². The second-order valence-corrected chi connectivity index (χ2v) is 11.3. The van der Waals surface area contributed by atoms with E-state index in [2.05, 4.69) is 19.1 Å². The highest BCUT2D eigenvalue weighted by Gasteiger charge is 2.54. The van der Waals surface area contributed by atoms with E-state index in [9.17, 15) is 4.79 Å². The molecule has 4 aliphatic rings. The lowest BCUT2D eigenvalue weighted by atomic mass is 9.48. The maximum absolute atomic E-state index is 14.0. The minimum atomic E-state index is 0.0675. The first-order chi connectivity index (χ1) is 16.5. The fraction of sp³-hybridized carbons (Fsp3) is 0.517. The van der Waals surface area contributed by atoms with Crippen LogP contribution in [0.25, 0.3) is 5.69 Å². The molecule has 1 unspecified atom stereocenters. The van der Waals surface area contributed by atoms with Crippen molar-refractivity contribution in [1.82, 2.24) is 14.7 Å². The number of hydrogen-bond donors (Lipinski definition) is 0. The van der Waals surface area contributed by atoms with Crippen molar-refractivity contribution in [2.24, 2.45) is 17.8 Å². The van der Waals surface area contributed by atoms with Crippen LogP contribution in [0.3, 0.4) is 0 Å². The highest BCUT2D eigenvalue weighted by Crippen LogP contribution is 2.61. The second kappa shape index (κ2) is 8.44. The molecule has 7 rings (SSSR count). The molecule has 0 spiro atoms. The number of carbonyl (C=O) groups is 1. The van der Waals surface area contributed by atoms with Gasteiger partial charge in [-0.3, -0.25) is 4.79 Å². The van der Waals surface area contributed by atoms with Gasteiger partial charge in [0.2, 0.25) is 0 Å². The lowest BCUT2D eigenvalue weighted by Crippen LogP contribution is -2.49. The standard InChI is InChI=1S/C29H35N3O2/c1-20(10-11-25-9-6-12-34-25)31(2)28(33)26-19-32(24-7-4-3-5-8-24)30-27(26)29-16-21-13-22(17-29)15-23(14-21)18-29/h3-9,12,19-23H,10-11,13-18H2,1-2H3. The van der Waals surface area contributed by atoms with Crippen LogP contribution in [0.1, 0.15) is 73.7 Å². The first kappa shape index (κ1) is 21.7. The van der Waals surface area contributed by atoms with Crippen LogP contribution in [-0.4, -0.2) is 33.7 Å². The van der Waals surface area contributed by atoms with Crippen molar-refractivity contribution < 1.29 is 9.21 Å². The zero-order chi connectivity index (χ0) is 23.3. The van der Waals surface area contributed by atoms with E-state index >= 15 is 0 Å². The van der Waals surface area contributed by atoms with Crippen LogP contribution in [0.4, 0.5) is 0 Å². The molecule has 1 amide bonds. The third-order valence-corrected chi connectivity index (χ3v) is 8.88. The number of benzene rings is 1. The molecule has 0 radical (unpaired) electrons. The maximum Gasteiger partial charge on any atom is 0.257 e. The minimum Gasteiger partial charge on any atom is -0.469 e. The van der Waals surface area contributed by atoms with Gasteiger partial charge in [0.25, 0.3) is 5.91 Å². The molecule has 178 valence electrons. The summed E-state index contributed by atoms with van der Waals surface area (Å²) in [6.45, 7) is 2.13. The summed E-state index contributed by atoms with van der Waals surface area (Å²) in [7, 11) is 1.94. The summed E-state index contributed by atoms with van der Waals surface area (Å²) in [6, 6.07) is 14.3. The SMILES string of the molecule is CC(CCc1ccco1)N(C)C(=O)c1cn(-c2ccccc2)nc1C12CC3CC(CC(C3)C1)C2. The van der Waals surface area contributed by atoms with Crippen LogP contribution in [0.2, 0.25) is 0 Å². The molecule has 5 nitrogen and oxygen atoms in total. The predicted molar refractivity (Wildman–Crippen MR) is 132 cm³/mol. The average molecular weight is 458 g/mol. The van der Waals surface area contributed by atoms with Crippen LogP contribution >= 0.6 is 0 Å². The zero-order valence-electron chi connectivity index (χ0n) is 20.3. The molecule has 0 N–H and O–H groups in total. The van der Waals surface area contributed by atoms with Gasteiger partial charge >= 0.3 is 0 Å². The van der Waals surface area contributed by atoms with E-state index < -0.39 is 0 Å². The molecular formula is C29H35N3O2. The Labute approximate surface area is 202 Å². The van der Waals surface area contributed by atoms with Crippen molar-refractivity contribution in [1.29, 1.82) is 0 Å². The van der Waals surface area contributed by atoms with Crippen LogP contribution in [0.5, 0.6) is 0 Å². The Balaban J connectivity index is 1.33. The number of hydrogen-bond acceptors (Lipinski definition) is 3. The molecule has 4 fully saturated rings. The third-order valence-electron chi connectivity index (χ3n) is 8.88. The van der Waals surface area contributed by atoms with Crippen molar-refractivity contribution in [3.8, 4) is 5.69 Å². The molecule has 3 aromatic rings. The number of furan rings is 1. The summed E-state index contributed by atoms with van der Waals surface area (Å²) >= 11 is 0. The highest BCUT2D eigenvalue weighted by molar-refractivity contribution is 5.95. The minimum absolute atomic E-state index is 0.0675. The first-order valence-electron chi connectivity index (χ1n) is 13.0. The fourth-order valence-corrected chi connectivity index (χ4v) is 7.43. The van der Waals surface area contributed by atoms with Crippen LogP contribution in [0.15, 0.2) is 59.3 Å². The molecule has 1 atom stereocenters. The van der Waals surface area contributed by atoms with E-state index in [1.807, 2.05) is 53.2 Å². The van der Waals surface area contributed by atoms with Gasteiger partial charge in [0, 0.05) is 31.1 Å². The first-order valence-corrected chi connectivity index (χ1v) is 13.0. The third kappa shape index (κ3) is 3.79. The molecule has 4 aliphatic carbocycles. The summed E-state index contributed by atoms with van der Waals surface area (Å²) in [6.07, 6.45) is 13.1. The Morgan fingerprint density at radius 1 is 1.09 bits per heavy atom. The van der Waals surface area contributed by atoms with Crippen molar-refractivity contribution in [3.05, 3.63) is 71.9 Å². The Morgan fingerprint density at radius 3 is 2.38 bits per heavy atom. The van der Waals surface area contributed by atoms with E-state index in [1.165, 1.54) is 38.5 Å². The number of aromatic nitrogens is 2. The molecule has 1 aromatic carbocycles. The van der Waals surface area contributed by atoms with Gasteiger partial charge in [-0.1, -0.05) is 18.2 Å². The largest absolute Gasteiger partial charge is 0.469 e. The van der Waals surface area contributed by atoms with Crippen LogP contribution in [0, 0.1) is 17.8 Å². The fourth-order valence-electron chi connectivity index (χ4n) is 7.43. The highest BCUT2D eigenvalue weighted by atomic mass is 16.3. The Morgan fingerprint density at radius 2 is 1.76 bits per heavy atom. The van der Waals surface area contributed by atoms with Crippen molar-refractivity contribution in [2.75, 3.05) is 7.05 Å². The van der Waals surface area contributed by atoms with Gasteiger partial charge in [-0.05, 0) is 93.9 Å². The molecule has 5 heteroatoms. The number of carbonyl (C=O) groups excluding carboxylic acids is 1. The monoisotopic (exact) mass is 457 g/mol. The number of para-hydroxylation sites is 1. The van der Waals surface area contributed by atoms with E-state index in [0.717, 1.165) is 53.3 Å². The van der Waals surface area contributed by atoms with Gasteiger partial charge in [-0.15, -0.1) is 0 Å². The average Bonchev–Trinajstić information content (AvgIpc) is 3.52. The number of nitrogens with zero attached hydrogens (tertiary/aromatic N) is 3. The number of amides is 1. The van der Waals surface area contributed by atoms with E-state index in [4.69, 9.17) is 9.52 Å². The van der Waals surface area contributed by atoms with Gasteiger partial charge in [-0.2, -0.15) is 5.10 Å². The molecule has 4 saturated carbocycles. The zero-order valence-corrected chi connectivity index (χ0v) is 20.3. The van der Waals surface area contributed by atoms with E-state index in [1.54, 1.807) is 6.26 Å². The Bertz CT molecular complexity index is 1110. The summed E-state index contributed by atoms with van der Waals surface area (Å²) in [4.78, 5) is 15.9. The summed E-state index contributed by atoms with van der Waals surface area (Å²) in [5, 5.41) is 5.17. The molecule has 2 heterocycles. The van der Waals surface area contributed by atoms with Gasteiger partial charge in [0.05, 0.1) is 23.2 Å². The van der Waals surface area contributed by atoms with E-state index in [0.29, 0.717) is 0 Å². The molecule has 2 aromatic heterocycles. The Kier molecular flexibility index (Phi) is 5.39. The van der Waals surface area contributed by atoms with Crippen molar-refractivity contribution in [2.45, 2.75) is 69.7 Å². The molecule has 34 heavy (non-hydrogen) atoms. The summed E-state index contributed by atoms with van der Waals surface area (Å²) < 4.78 is 7.45. The second-order valence-electron chi connectivity index (χ2n) is 11.3. The normalized spacial score (nSPS) is 28.2. The van der Waals surface area contributed by atoms with Crippen molar-refractivity contribution in [3.63, 3.8) is 0 Å². The van der Waals surface area contributed by atoms with Gasteiger partial charge in [0.1, 0.15) is 5.76 Å². The van der Waals surface area contributed by atoms with Crippen LogP contribution < -0.4 is 0 Å². The van der Waals surface area contributed by atoms with Gasteiger partial charge in [-0.25, -0.2) is 4.68 Å². The van der Waals surface area contributed by atoms with Gasteiger partial charge in [0.15, 0.2) is 0 Å². The number of aryl methyl sites for hydroxylation is 1. The smallest absolute Gasteiger partial charge is 0.257 e. The van der Waals surface area contributed by atoms with Gasteiger partial charge < -0.3 is 9.32 Å². The lowest BCUT2D eigenvalue weighted by molar-refractivity contribution is -0.00787. The number of rotatable bonds is 7. The lowest BCUT2D eigenvalue weighted by Gasteiger charge is -2.56. The summed E-state index contributed by atoms with van der Waals surface area (Å²) in [5.41, 5.74) is 2.95. The van der Waals surface area contributed by atoms with Crippen molar-refractivity contribution >= 4 is 5.91 Å². The Hall–Kier alpha value is -2.82. The molecule has 0 saturated heterocycles. The maximum atomic E-state index is 14.0. The molecular weight excluding hydrogens is 422 g/mol. The predicted octanol–water partition coefficient (Wildman–Crippen LogP) is 6.03. The molecule has 4 bridgehead atoms. The quantitative estimate of drug-likeness (QED) is 0.435. The van der Waals surface area contributed by atoms with Crippen LogP contribution in [-0.2, 0) is 11.8 Å².